The number of hydrogen-bond donors (Lipinski definition) is 3. The van der Waals surface area contributed by atoms with Gasteiger partial charge in [-0.15, -0.1) is 0 Å². The summed E-state index contributed by atoms with van der Waals surface area (Å²) in [5, 5.41) is 7.77. The number of halogens is 2. The molecule has 2 aromatic carbocycles. The first-order valence-electron chi connectivity index (χ1n) is 8.99. The number of carbonyl (C=O) groups is 1. The number of nitrogens with zero attached hydrogens (tertiary/aromatic N) is 2. The molecule has 0 bridgehead atoms. The third-order valence-electron chi connectivity index (χ3n) is 5.13. The summed E-state index contributed by atoms with van der Waals surface area (Å²) >= 11 is 5.99. The summed E-state index contributed by atoms with van der Waals surface area (Å²) in [5.41, 5.74) is 8.13. The number of fused-ring (bicyclic) bond motifs is 1. The minimum Gasteiger partial charge on any atom is -0.380 e. The lowest BCUT2D eigenvalue weighted by molar-refractivity contribution is 0.100. The Morgan fingerprint density at radius 3 is 2.96 bits per heavy atom. The van der Waals surface area contributed by atoms with Crippen molar-refractivity contribution in [3.8, 4) is 0 Å². The van der Waals surface area contributed by atoms with E-state index in [1.807, 2.05) is 6.07 Å². The number of benzene rings is 2. The van der Waals surface area contributed by atoms with Crippen molar-refractivity contribution in [2.24, 2.45) is 5.73 Å². The summed E-state index contributed by atoms with van der Waals surface area (Å²) in [6, 6.07) is 8.40. The normalized spacial score (nSPS) is 19.5. The molecule has 8 heteroatoms. The number of nitrogens with two attached hydrogens (primary N) is 1. The fraction of sp³-hybridized carbons (Fsp3) is 0.250. The van der Waals surface area contributed by atoms with E-state index in [4.69, 9.17) is 17.3 Å². The second-order valence-corrected chi connectivity index (χ2v) is 7.24. The first-order valence-corrected chi connectivity index (χ1v) is 9.37. The highest BCUT2D eigenvalue weighted by molar-refractivity contribution is 6.30. The van der Waals surface area contributed by atoms with Crippen molar-refractivity contribution in [1.29, 1.82) is 0 Å². The van der Waals surface area contributed by atoms with Crippen molar-refractivity contribution in [2.45, 2.75) is 18.4 Å². The maximum atomic E-state index is 13.6. The quantitative estimate of drug-likeness (QED) is 0.627. The zero-order chi connectivity index (χ0) is 19.7. The molecule has 1 aromatic heterocycles. The molecule has 0 radical (unpaired) electrons. The van der Waals surface area contributed by atoms with Crippen LogP contribution in [0, 0.1) is 5.82 Å². The molecule has 4 N–H and O–H groups in total. The largest absolute Gasteiger partial charge is 0.380 e. The minimum absolute atomic E-state index is 0.0399. The van der Waals surface area contributed by atoms with Gasteiger partial charge in [0, 0.05) is 35.8 Å². The molecular formula is C20H19ClFN5O. The summed E-state index contributed by atoms with van der Waals surface area (Å²) < 4.78 is 13.6. The van der Waals surface area contributed by atoms with Crippen molar-refractivity contribution >= 4 is 34.1 Å². The molecule has 2 heterocycles. The third-order valence-corrected chi connectivity index (χ3v) is 5.42. The van der Waals surface area contributed by atoms with Crippen LogP contribution >= 0.6 is 11.6 Å². The topological polar surface area (TPSA) is 92.9 Å². The van der Waals surface area contributed by atoms with E-state index in [0.717, 1.165) is 36.1 Å². The van der Waals surface area contributed by atoms with Gasteiger partial charge in [-0.25, -0.2) is 14.4 Å². The van der Waals surface area contributed by atoms with Crippen LogP contribution in [0.1, 0.15) is 28.3 Å². The summed E-state index contributed by atoms with van der Waals surface area (Å²) in [7, 11) is 0. The number of carbonyl (C=O) groups excluding carboxylic acids is 1. The van der Waals surface area contributed by atoms with E-state index in [1.54, 1.807) is 24.4 Å². The molecular weight excluding hydrogens is 381 g/mol. The Kier molecular flexibility index (Phi) is 5.11. The molecule has 0 saturated carbocycles. The van der Waals surface area contributed by atoms with Crippen LogP contribution in [0.4, 0.5) is 10.1 Å². The van der Waals surface area contributed by atoms with Crippen LogP contribution in [-0.4, -0.2) is 35.0 Å². The smallest absolute Gasteiger partial charge is 0.250 e. The van der Waals surface area contributed by atoms with Crippen LogP contribution in [0.2, 0.25) is 5.02 Å². The Labute approximate surface area is 166 Å². The molecule has 4 rings (SSSR count). The first-order chi connectivity index (χ1) is 13.5. The van der Waals surface area contributed by atoms with Crippen molar-refractivity contribution in [3.05, 3.63) is 64.8 Å². The average Bonchev–Trinajstić information content (AvgIpc) is 2.70. The van der Waals surface area contributed by atoms with Gasteiger partial charge in [-0.05, 0) is 42.8 Å². The molecule has 1 amide bonds. The SMILES string of the molecule is NC(=O)c1ccc(NC2CNCC[C@@H]2c2ccc(F)c(Cl)c2)c2cncnc12. The van der Waals surface area contributed by atoms with Crippen LogP contribution in [0.3, 0.4) is 0 Å². The highest BCUT2D eigenvalue weighted by atomic mass is 35.5. The zero-order valence-corrected chi connectivity index (χ0v) is 15.7. The molecule has 1 unspecified atom stereocenters. The number of aromatic nitrogens is 2. The predicted octanol–water partition coefficient (Wildman–Crippen LogP) is 3.08. The maximum absolute atomic E-state index is 13.6. The predicted molar refractivity (Wildman–Crippen MR) is 107 cm³/mol. The first kappa shape index (κ1) is 18.6. The Bertz CT molecular complexity index is 1040. The van der Waals surface area contributed by atoms with Crippen molar-refractivity contribution in [1.82, 2.24) is 15.3 Å². The van der Waals surface area contributed by atoms with Gasteiger partial charge in [-0.1, -0.05) is 17.7 Å². The van der Waals surface area contributed by atoms with Gasteiger partial charge in [0.15, 0.2) is 0 Å². The molecule has 0 aliphatic carbocycles. The van der Waals surface area contributed by atoms with E-state index >= 15 is 0 Å². The van der Waals surface area contributed by atoms with Gasteiger partial charge >= 0.3 is 0 Å². The molecule has 1 fully saturated rings. The number of anilines is 1. The summed E-state index contributed by atoms with van der Waals surface area (Å²) in [6.07, 6.45) is 3.94. The number of nitrogens with one attached hydrogen (secondary N) is 2. The molecule has 1 saturated heterocycles. The Morgan fingerprint density at radius 2 is 2.18 bits per heavy atom. The van der Waals surface area contributed by atoms with Gasteiger partial charge < -0.3 is 16.4 Å². The van der Waals surface area contributed by atoms with Crippen LogP contribution in [0.25, 0.3) is 10.9 Å². The van der Waals surface area contributed by atoms with Crippen molar-refractivity contribution < 1.29 is 9.18 Å². The minimum atomic E-state index is -0.534. The fourth-order valence-corrected chi connectivity index (χ4v) is 3.94. The van der Waals surface area contributed by atoms with Gasteiger partial charge in [0.25, 0.3) is 5.91 Å². The monoisotopic (exact) mass is 399 g/mol. The number of rotatable bonds is 4. The Balaban J connectivity index is 1.69. The van der Waals surface area contributed by atoms with E-state index in [2.05, 4.69) is 20.6 Å². The second-order valence-electron chi connectivity index (χ2n) is 6.83. The fourth-order valence-electron chi connectivity index (χ4n) is 3.75. The molecule has 0 spiro atoms. The van der Waals surface area contributed by atoms with E-state index in [-0.39, 0.29) is 17.0 Å². The van der Waals surface area contributed by atoms with Gasteiger partial charge in [0.2, 0.25) is 0 Å². The van der Waals surface area contributed by atoms with Crippen molar-refractivity contribution in [2.75, 3.05) is 18.4 Å². The van der Waals surface area contributed by atoms with E-state index in [9.17, 15) is 9.18 Å². The average molecular weight is 400 g/mol. The zero-order valence-electron chi connectivity index (χ0n) is 15.0. The van der Waals surface area contributed by atoms with Crippen LogP contribution in [0.15, 0.2) is 42.9 Å². The second kappa shape index (κ2) is 7.69. The highest BCUT2D eigenvalue weighted by Crippen LogP contribution is 2.32. The number of piperidine rings is 1. The molecule has 1 aliphatic rings. The summed E-state index contributed by atoms with van der Waals surface area (Å²) in [6.45, 7) is 1.59. The molecule has 6 nitrogen and oxygen atoms in total. The van der Waals surface area contributed by atoms with E-state index in [0.29, 0.717) is 11.1 Å². The van der Waals surface area contributed by atoms with Gasteiger partial charge in [-0.2, -0.15) is 0 Å². The van der Waals surface area contributed by atoms with E-state index in [1.165, 1.54) is 12.4 Å². The molecule has 28 heavy (non-hydrogen) atoms. The van der Waals surface area contributed by atoms with Crippen LogP contribution in [0.5, 0.6) is 0 Å². The number of primary amides is 1. The maximum Gasteiger partial charge on any atom is 0.250 e. The van der Waals surface area contributed by atoms with Gasteiger partial charge in [-0.3, -0.25) is 4.79 Å². The van der Waals surface area contributed by atoms with Crippen LogP contribution < -0.4 is 16.4 Å². The van der Waals surface area contributed by atoms with Crippen LogP contribution in [-0.2, 0) is 0 Å². The lowest BCUT2D eigenvalue weighted by Crippen LogP contribution is -2.44. The van der Waals surface area contributed by atoms with E-state index < -0.39 is 11.7 Å². The third kappa shape index (κ3) is 3.50. The van der Waals surface area contributed by atoms with Gasteiger partial charge in [0.05, 0.1) is 16.1 Å². The molecule has 3 aromatic rings. The summed E-state index contributed by atoms with van der Waals surface area (Å²) in [5.74, 6) is -0.808. The lowest BCUT2D eigenvalue weighted by atomic mass is 9.85. The molecule has 2 atom stereocenters. The summed E-state index contributed by atoms with van der Waals surface area (Å²) in [4.78, 5) is 20.0. The number of hydrogen-bond acceptors (Lipinski definition) is 5. The van der Waals surface area contributed by atoms with Gasteiger partial charge in [0.1, 0.15) is 12.1 Å². The number of amides is 1. The lowest BCUT2D eigenvalue weighted by Gasteiger charge is -2.34. The Morgan fingerprint density at radius 1 is 1.32 bits per heavy atom. The molecule has 144 valence electrons. The highest BCUT2D eigenvalue weighted by Gasteiger charge is 2.27. The standard InChI is InChI=1S/C20H19ClFN5O/c21-15-7-11(1-3-16(15)22)12-5-6-24-9-18(12)27-17-4-2-13(20(23)28)19-14(17)8-25-10-26-19/h1-4,7-8,10,12,18,24,27H,5-6,9H2,(H2,23,28)/t12-,18?/m1/s1. The molecule has 1 aliphatic heterocycles. The Hall–Kier alpha value is -2.77. The van der Waals surface area contributed by atoms with Crippen molar-refractivity contribution in [3.63, 3.8) is 0 Å².